The van der Waals surface area contributed by atoms with Crippen molar-refractivity contribution in [1.29, 1.82) is 0 Å². The summed E-state index contributed by atoms with van der Waals surface area (Å²) < 4.78 is 37.0. The van der Waals surface area contributed by atoms with Crippen LogP contribution in [0.2, 0.25) is 5.02 Å². The van der Waals surface area contributed by atoms with Gasteiger partial charge in [0, 0.05) is 18.2 Å². The van der Waals surface area contributed by atoms with Gasteiger partial charge < -0.3 is 5.73 Å². The third-order valence-corrected chi connectivity index (χ3v) is 2.72. The molecule has 0 aliphatic carbocycles. The molecule has 0 fully saturated rings. The first-order valence-corrected chi connectivity index (χ1v) is 5.09. The molecular weight excluding hydrogens is 241 g/mol. The third kappa shape index (κ3) is 2.86. The molecule has 0 aromatic carbocycles. The third-order valence-electron chi connectivity index (χ3n) is 2.42. The number of halogens is 4. The maximum Gasteiger partial charge on any atom is 0.417 e. The van der Waals surface area contributed by atoms with Crippen molar-refractivity contribution in [2.24, 2.45) is 5.73 Å². The minimum absolute atomic E-state index is 0.000347. The van der Waals surface area contributed by atoms with Crippen LogP contribution in [-0.4, -0.2) is 11.0 Å². The van der Waals surface area contributed by atoms with Crippen molar-refractivity contribution in [3.63, 3.8) is 0 Å². The lowest BCUT2D eigenvalue weighted by Gasteiger charge is -2.17. The number of hydrogen-bond donors (Lipinski definition) is 1. The normalized spacial score (nSPS) is 15.9. The van der Waals surface area contributed by atoms with Crippen LogP contribution in [0.25, 0.3) is 0 Å². The second-order valence-electron chi connectivity index (χ2n) is 3.74. The molecule has 0 unspecified atom stereocenters. The van der Waals surface area contributed by atoms with Gasteiger partial charge >= 0.3 is 6.18 Å². The Bertz CT molecular complexity index is 377. The molecule has 0 spiro atoms. The SMILES string of the molecule is C[C@H](c1ncc(C(F)(F)F)cc1Cl)[C@@H](C)N. The number of alkyl halides is 3. The predicted molar refractivity (Wildman–Crippen MR) is 56.3 cm³/mol. The van der Waals surface area contributed by atoms with Crippen LogP contribution in [0.5, 0.6) is 0 Å². The van der Waals surface area contributed by atoms with Gasteiger partial charge in [0.15, 0.2) is 0 Å². The Balaban J connectivity index is 3.10. The Morgan fingerprint density at radius 1 is 1.38 bits per heavy atom. The zero-order valence-corrected chi connectivity index (χ0v) is 9.60. The second-order valence-corrected chi connectivity index (χ2v) is 4.14. The molecule has 0 saturated heterocycles. The quantitative estimate of drug-likeness (QED) is 0.878. The first kappa shape index (κ1) is 13.3. The molecular formula is C10H12ClF3N2. The molecule has 0 aliphatic heterocycles. The summed E-state index contributed by atoms with van der Waals surface area (Å²) in [5.74, 6) is -0.185. The van der Waals surface area contributed by atoms with Crippen molar-refractivity contribution >= 4 is 11.6 Å². The molecule has 0 saturated carbocycles. The van der Waals surface area contributed by atoms with Crippen molar-refractivity contribution in [2.75, 3.05) is 0 Å². The summed E-state index contributed by atoms with van der Waals surface area (Å²) in [7, 11) is 0. The van der Waals surface area contributed by atoms with Crippen LogP contribution < -0.4 is 5.73 Å². The molecule has 1 heterocycles. The van der Waals surface area contributed by atoms with Crippen molar-refractivity contribution in [3.05, 3.63) is 28.5 Å². The van der Waals surface area contributed by atoms with E-state index in [9.17, 15) is 13.2 Å². The summed E-state index contributed by atoms with van der Waals surface area (Å²) in [6.07, 6.45) is -3.65. The molecule has 16 heavy (non-hydrogen) atoms. The summed E-state index contributed by atoms with van der Waals surface area (Å²) in [5, 5.41) is -0.000347. The van der Waals surface area contributed by atoms with E-state index in [4.69, 9.17) is 17.3 Å². The topological polar surface area (TPSA) is 38.9 Å². The monoisotopic (exact) mass is 252 g/mol. The van der Waals surface area contributed by atoms with Gasteiger partial charge in [-0.25, -0.2) is 0 Å². The van der Waals surface area contributed by atoms with E-state index in [1.54, 1.807) is 13.8 Å². The number of nitrogens with two attached hydrogens (primary N) is 1. The van der Waals surface area contributed by atoms with Gasteiger partial charge in [0.2, 0.25) is 0 Å². The average molecular weight is 253 g/mol. The van der Waals surface area contributed by atoms with Gasteiger partial charge in [0.25, 0.3) is 0 Å². The molecule has 2 atom stereocenters. The minimum Gasteiger partial charge on any atom is -0.327 e. The highest BCUT2D eigenvalue weighted by Crippen LogP contribution is 2.33. The molecule has 1 aromatic rings. The largest absolute Gasteiger partial charge is 0.417 e. The summed E-state index contributed by atoms with van der Waals surface area (Å²) in [4.78, 5) is 3.73. The minimum atomic E-state index is -4.42. The van der Waals surface area contributed by atoms with Crippen LogP contribution in [0, 0.1) is 0 Å². The highest BCUT2D eigenvalue weighted by atomic mass is 35.5. The Hall–Kier alpha value is -0.810. The highest BCUT2D eigenvalue weighted by molar-refractivity contribution is 6.31. The Labute approximate surface area is 96.6 Å². The highest BCUT2D eigenvalue weighted by Gasteiger charge is 2.32. The summed E-state index contributed by atoms with van der Waals surface area (Å²) >= 11 is 5.76. The van der Waals surface area contributed by atoms with Gasteiger partial charge in [-0.3, -0.25) is 4.98 Å². The van der Waals surface area contributed by atoms with Crippen molar-refractivity contribution < 1.29 is 13.2 Å². The fraction of sp³-hybridized carbons (Fsp3) is 0.500. The molecule has 2 nitrogen and oxygen atoms in total. The number of rotatable bonds is 2. The van der Waals surface area contributed by atoms with Crippen LogP contribution in [0.4, 0.5) is 13.2 Å². The molecule has 0 bridgehead atoms. The Morgan fingerprint density at radius 2 is 1.94 bits per heavy atom. The van der Waals surface area contributed by atoms with Crippen LogP contribution >= 0.6 is 11.6 Å². The summed E-state index contributed by atoms with van der Waals surface area (Å²) in [6, 6.07) is 0.657. The van der Waals surface area contributed by atoms with Crippen molar-refractivity contribution in [3.8, 4) is 0 Å². The van der Waals surface area contributed by atoms with Gasteiger partial charge in [0.1, 0.15) is 0 Å². The maximum absolute atomic E-state index is 12.3. The molecule has 0 amide bonds. The zero-order chi connectivity index (χ0) is 12.5. The second kappa shape index (κ2) is 4.59. The lowest BCUT2D eigenvalue weighted by molar-refractivity contribution is -0.137. The van der Waals surface area contributed by atoms with E-state index < -0.39 is 11.7 Å². The average Bonchev–Trinajstić information content (AvgIpc) is 2.15. The molecule has 1 rings (SSSR count). The van der Waals surface area contributed by atoms with Crippen molar-refractivity contribution in [1.82, 2.24) is 4.98 Å². The standard InChI is InChI=1S/C10H12ClF3N2/c1-5(6(2)15)9-8(11)3-7(4-16-9)10(12,13)14/h3-6H,15H2,1-2H3/t5-,6+/m0/s1. The van der Waals surface area contributed by atoms with E-state index in [1.807, 2.05) is 0 Å². The predicted octanol–water partition coefficient (Wildman–Crippen LogP) is 3.20. The van der Waals surface area contributed by atoms with Gasteiger partial charge in [-0.15, -0.1) is 0 Å². The first-order chi connectivity index (χ1) is 7.23. The molecule has 0 aliphatic rings. The van der Waals surface area contributed by atoms with Crippen LogP contribution in [-0.2, 0) is 6.18 Å². The molecule has 2 N–H and O–H groups in total. The van der Waals surface area contributed by atoms with Crippen molar-refractivity contribution in [2.45, 2.75) is 32.0 Å². The van der Waals surface area contributed by atoms with Crippen LogP contribution in [0.1, 0.15) is 31.0 Å². The maximum atomic E-state index is 12.3. The van der Waals surface area contributed by atoms with Gasteiger partial charge in [-0.05, 0) is 13.0 Å². The van der Waals surface area contributed by atoms with E-state index in [1.165, 1.54) is 0 Å². The molecule has 1 aromatic heterocycles. The number of pyridine rings is 1. The first-order valence-electron chi connectivity index (χ1n) is 4.71. The lowest BCUT2D eigenvalue weighted by Crippen LogP contribution is -2.23. The van der Waals surface area contributed by atoms with Gasteiger partial charge in [-0.2, -0.15) is 13.2 Å². The number of aromatic nitrogens is 1. The van der Waals surface area contributed by atoms with Crippen LogP contribution in [0.3, 0.4) is 0 Å². The molecule has 0 radical (unpaired) electrons. The van der Waals surface area contributed by atoms with E-state index in [0.717, 1.165) is 12.3 Å². The van der Waals surface area contributed by atoms with E-state index in [0.29, 0.717) is 5.69 Å². The Kier molecular flexibility index (Phi) is 3.80. The Morgan fingerprint density at radius 3 is 2.31 bits per heavy atom. The fourth-order valence-corrected chi connectivity index (χ4v) is 1.53. The van der Waals surface area contributed by atoms with Gasteiger partial charge in [-0.1, -0.05) is 18.5 Å². The van der Waals surface area contributed by atoms with E-state index >= 15 is 0 Å². The molecule has 6 heteroatoms. The summed E-state index contributed by atoms with van der Waals surface area (Å²) in [5.41, 5.74) is 5.18. The lowest BCUT2D eigenvalue weighted by atomic mass is 9.99. The van der Waals surface area contributed by atoms with Crippen LogP contribution in [0.15, 0.2) is 12.3 Å². The number of hydrogen-bond acceptors (Lipinski definition) is 2. The van der Waals surface area contributed by atoms with Gasteiger partial charge in [0.05, 0.1) is 16.3 Å². The number of nitrogens with zero attached hydrogens (tertiary/aromatic N) is 1. The van der Waals surface area contributed by atoms with E-state index in [-0.39, 0.29) is 17.0 Å². The van der Waals surface area contributed by atoms with E-state index in [2.05, 4.69) is 4.98 Å². The smallest absolute Gasteiger partial charge is 0.327 e. The molecule has 90 valence electrons. The summed E-state index contributed by atoms with van der Waals surface area (Å²) in [6.45, 7) is 3.52. The fourth-order valence-electron chi connectivity index (χ4n) is 1.19. The zero-order valence-electron chi connectivity index (χ0n) is 8.85.